The van der Waals surface area contributed by atoms with Crippen LogP contribution in [0.25, 0.3) is 5.76 Å². The average Bonchev–Trinajstić information content (AvgIpc) is 3.02. The lowest BCUT2D eigenvalue weighted by Gasteiger charge is -2.25. The molecule has 1 heterocycles. The van der Waals surface area contributed by atoms with Crippen molar-refractivity contribution in [3.8, 4) is 5.75 Å². The Balaban J connectivity index is 2.13. The van der Waals surface area contributed by atoms with Gasteiger partial charge in [0.05, 0.1) is 11.6 Å². The maximum atomic E-state index is 13.0. The van der Waals surface area contributed by atoms with Crippen LogP contribution in [-0.2, 0) is 9.59 Å². The van der Waals surface area contributed by atoms with E-state index < -0.39 is 17.7 Å². The molecule has 1 saturated heterocycles. The standard InChI is InChI=1S/C26H28N2O4/c1-6-14-28-23(18-8-10-19(11-9-18)27(4)5)22(25(30)26(28)31)24(29)21-13-12-20(16-17(21)3)32-15-7-2/h6-13,16,23,29H,1-2,14-15H2,3-5H3/t23-/m0/s1. The number of benzene rings is 2. The van der Waals surface area contributed by atoms with Gasteiger partial charge in [0.15, 0.2) is 0 Å². The summed E-state index contributed by atoms with van der Waals surface area (Å²) in [6.07, 6.45) is 3.22. The number of hydrogen-bond donors (Lipinski definition) is 1. The fourth-order valence-electron chi connectivity index (χ4n) is 3.80. The number of amides is 1. The van der Waals surface area contributed by atoms with E-state index in [2.05, 4.69) is 13.2 Å². The van der Waals surface area contributed by atoms with E-state index in [4.69, 9.17) is 4.74 Å². The lowest BCUT2D eigenvalue weighted by atomic mass is 9.93. The Labute approximate surface area is 188 Å². The summed E-state index contributed by atoms with van der Waals surface area (Å²) in [6, 6.07) is 12.0. The minimum Gasteiger partial charge on any atom is -0.507 e. The van der Waals surface area contributed by atoms with Crippen LogP contribution in [0, 0.1) is 6.92 Å². The van der Waals surface area contributed by atoms with Gasteiger partial charge in [0, 0.05) is 31.9 Å². The van der Waals surface area contributed by atoms with Crippen LogP contribution in [0.2, 0.25) is 0 Å². The molecular weight excluding hydrogens is 404 g/mol. The van der Waals surface area contributed by atoms with Crippen LogP contribution < -0.4 is 9.64 Å². The van der Waals surface area contributed by atoms with Gasteiger partial charge in [-0.25, -0.2) is 0 Å². The molecular formula is C26H28N2O4. The van der Waals surface area contributed by atoms with E-state index in [-0.39, 0.29) is 17.9 Å². The quantitative estimate of drug-likeness (QED) is 0.293. The first-order chi connectivity index (χ1) is 15.3. The van der Waals surface area contributed by atoms with Crippen molar-refractivity contribution in [3.63, 3.8) is 0 Å². The molecule has 2 aromatic rings. The van der Waals surface area contributed by atoms with Crippen LogP contribution in [0.4, 0.5) is 5.69 Å². The normalized spacial score (nSPS) is 17.3. The third-order valence-electron chi connectivity index (χ3n) is 5.41. The van der Waals surface area contributed by atoms with E-state index in [0.29, 0.717) is 17.9 Å². The molecule has 3 rings (SSSR count). The van der Waals surface area contributed by atoms with Gasteiger partial charge in [0.25, 0.3) is 11.7 Å². The molecule has 0 saturated carbocycles. The minimum absolute atomic E-state index is 0.0670. The molecule has 1 aliphatic heterocycles. The molecule has 2 aromatic carbocycles. The second-order valence-corrected chi connectivity index (χ2v) is 7.80. The SMILES string of the molecule is C=CCOc1ccc(C(O)=C2C(=O)C(=O)N(CC=C)[C@H]2c2ccc(N(C)C)cc2)c(C)c1. The third kappa shape index (κ3) is 4.30. The highest BCUT2D eigenvalue weighted by molar-refractivity contribution is 6.46. The molecule has 166 valence electrons. The summed E-state index contributed by atoms with van der Waals surface area (Å²) < 4.78 is 5.54. The molecule has 32 heavy (non-hydrogen) atoms. The summed E-state index contributed by atoms with van der Waals surface area (Å²) in [6.45, 7) is 9.71. The van der Waals surface area contributed by atoms with Gasteiger partial charge in [0.1, 0.15) is 18.1 Å². The number of likely N-dealkylation sites (tertiary alicyclic amines) is 1. The predicted octanol–water partition coefficient (Wildman–Crippen LogP) is 4.23. The monoisotopic (exact) mass is 432 g/mol. The zero-order chi connectivity index (χ0) is 23.4. The molecule has 0 spiro atoms. The molecule has 0 aromatic heterocycles. The molecule has 1 aliphatic rings. The third-order valence-corrected chi connectivity index (χ3v) is 5.41. The first-order valence-corrected chi connectivity index (χ1v) is 10.3. The Morgan fingerprint density at radius 2 is 1.81 bits per heavy atom. The molecule has 6 heteroatoms. The number of rotatable bonds is 8. The van der Waals surface area contributed by atoms with Gasteiger partial charge in [0.2, 0.25) is 0 Å². The van der Waals surface area contributed by atoms with Crippen molar-refractivity contribution in [3.05, 3.63) is 90.0 Å². The van der Waals surface area contributed by atoms with Crippen molar-refractivity contribution in [2.24, 2.45) is 0 Å². The second kappa shape index (κ2) is 9.56. The highest BCUT2D eigenvalue weighted by Crippen LogP contribution is 2.40. The smallest absolute Gasteiger partial charge is 0.295 e. The summed E-state index contributed by atoms with van der Waals surface area (Å²) >= 11 is 0. The Bertz CT molecular complexity index is 1080. The van der Waals surface area contributed by atoms with Gasteiger partial charge in [-0.2, -0.15) is 0 Å². The molecule has 1 fully saturated rings. The summed E-state index contributed by atoms with van der Waals surface area (Å²) in [7, 11) is 3.87. The summed E-state index contributed by atoms with van der Waals surface area (Å²) in [5.41, 5.74) is 2.99. The lowest BCUT2D eigenvalue weighted by molar-refractivity contribution is -0.139. The van der Waals surface area contributed by atoms with E-state index in [0.717, 1.165) is 16.8 Å². The highest BCUT2D eigenvalue weighted by Gasteiger charge is 2.45. The zero-order valence-electron chi connectivity index (χ0n) is 18.7. The van der Waals surface area contributed by atoms with E-state index in [1.54, 1.807) is 30.4 Å². The van der Waals surface area contributed by atoms with Crippen molar-refractivity contribution in [1.82, 2.24) is 4.90 Å². The largest absolute Gasteiger partial charge is 0.507 e. The van der Waals surface area contributed by atoms with E-state index in [9.17, 15) is 14.7 Å². The topological polar surface area (TPSA) is 70.1 Å². The number of ether oxygens (including phenoxy) is 1. The Hall–Kier alpha value is -3.80. The number of hydrogen-bond acceptors (Lipinski definition) is 5. The van der Waals surface area contributed by atoms with Gasteiger partial charge in [-0.1, -0.05) is 30.9 Å². The van der Waals surface area contributed by atoms with Crippen molar-refractivity contribution < 1.29 is 19.4 Å². The summed E-state index contributed by atoms with van der Waals surface area (Å²) in [4.78, 5) is 29.2. The molecule has 0 radical (unpaired) electrons. The minimum atomic E-state index is -0.711. The Morgan fingerprint density at radius 3 is 2.38 bits per heavy atom. The van der Waals surface area contributed by atoms with Crippen LogP contribution in [0.1, 0.15) is 22.7 Å². The van der Waals surface area contributed by atoms with Crippen LogP contribution >= 0.6 is 0 Å². The number of ketones is 1. The van der Waals surface area contributed by atoms with Crippen molar-refractivity contribution in [1.29, 1.82) is 0 Å². The number of carbonyl (C=O) groups is 2. The van der Waals surface area contributed by atoms with Crippen LogP contribution in [0.3, 0.4) is 0 Å². The van der Waals surface area contributed by atoms with Gasteiger partial charge in [-0.15, -0.1) is 6.58 Å². The Kier molecular flexibility index (Phi) is 6.83. The number of aliphatic hydroxyl groups excluding tert-OH is 1. The molecule has 6 nitrogen and oxygen atoms in total. The first kappa shape index (κ1) is 22.9. The molecule has 0 unspecified atom stereocenters. The number of anilines is 1. The van der Waals surface area contributed by atoms with Crippen molar-refractivity contribution in [2.45, 2.75) is 13.0 Å². The van der Waals surface area contributed by atoms with Crippen LogP contribution in [0.15, 0.2) is 73.3 Å². The van der Waals surface area contributed by atoms with Crippen LogP contribution in [-0.4, -0.2) is 48.9 Å². The van der Waals surface area contributed by atoms with Crippen LogP contribution in [0.5, 0.6) is 5.75 Å². The molecule has 0 bridgehead atoms. The van der Waals surface area contributed by atoms with E-state index >= 15 is 0 Å². The maximum Gasteiger partial charge on any atom is 0.295 e. The van der Waals surface area contributed by atoms with Gasteiger partial charge in [-0.3, -0.25) is 9.59 Å². The summed E-state index contributed by atoms with van der Waals surface area (Å²) in [5, 5.41) is 11.2. The van der Waals surface area contributed by atoms with Crippen molar-refractivity contribution in [2.75, 3.05) is 32.1 Å². The number of aryl methyl sites for hydroxylation is 1. The Morgan fingerprint density at radius 1 is 1.12 bits per heavy atom. The fraction of sp³-hybridized carbons (Fsp3) is 0.231. The number of nitrogens with zero attached hydrogens (tertiary/aromatic N) is 2. The second-order valence-electron chi connectivity index (χ2n) is 7.80. The van der Waals surface area contributed by atoms with Crippen molar-refractivity contribution >= 4 is 23.1 Å². The zero-order valence-corrected chi connectivity index (χ0v) is 18.7. The van der Waals surface area contributed by atoms with E-state index in [1.165, 1.54) is 4.90 Å². The predicted molar refractivity (Wildman–Crippen MR) is 127 cm³/mol. The van der Waals surface area contributed by atoms with Gasteiger partial charge >= 0.3 is 0 Å². The molecule has 0 aliphatic carbocycles. The van der Waals surface area contributed by atoms with Gasteiger partial charge < -0.3 is 19.6 Å². The average molecular weight is 433 g/mol. The maximum absolute atomic E-state index is 13.0. The molecule has 1 N–H and O–H groups in total. The van der Waals surface area contributed by atoms with E-state index in [1.807, 2.05) is 50.2 Å². The number of Topliss-reactive ketones (excluding diaryl/α,β-unsaturated/α-hetero) is 1. The summed E-state index contributed by atoms with van der Waals surface area (Å²) in [5.74, 6) is -0.944. The lowest BCUT2D eigenvalue weighted by Crippen LogP contribution is -2.29. The highest BCUT2D eigenvalue weighted by atomic mass is 16.5. The fourth-order valence-corrected chi connectivity index (χ4v) is 3.80. The number of aliphatic hydroxyl groups is 1. The number of carbonyl (C=O) groups excluding carboxylic acids is 2. The van der Waals surface area contributed by atoms with Gasteiger partial charge in [-0.05, 0) is 48.4 Å². The molecule has 1 atom stereocenters. The first-order valence-electron chi connectivity index (χ1n) is 10.3. The molecule has 1 amide bonds.